The summed E-state index contributed by atoms with van der Waals surface area (Å²) in [6.45, 7) is 2.09. The van der Waals surface area contributed by atoms with E-state index in [1.54, 1.807) is 17.5 Å². The summed E-state index contributed by atoms with van der Waals surface area (Å²) >= 11 is 13.4. The van der Waals surface area contributed by atoms with E-state index in [2.05, 4.69) is 4.98 Å². The van der Waals surface area contributed by atoms with E-state index in [0.717, 1.165) is 30.1 Å². The van der Waals surface area contributed by atoms with Gasteiger partial charge in [-0.05, 0) is 31.0 Å². The molecule has 22 heavy (non-hydrogen) atoms. The van der Waals surface area contributed by atoms with E-state index < -0.39 is 0 Å². The Kier molecular flexibility index (Phi) is 4.68. The molecule has 0 spiro atoms. The summed E-state index contributed by atoms with van der Waals surface area (Å²) in [6, 6.07) is 5.34. The molecule has 7 heteroatoms. The minimum absolute atomic E-state index is 0.0292. The monoisotopic (exact) mass is 355 g/mol. The van der Waals surface area contributed by atoms with Crippen LogP contribution in [0.4, 0.5) is 0 Å². The highest BCUT2D eigenvalue weighted by Gasteiger charge is 2.27. The lowest BCUT2D eigenvalue weighted by molar-refractivity contribution is 0.0783. The first-order chi connectivity index (χ1) is 10.6. The van der Waals surface area contributed by atoms with E-state index in [-0.39, 0.29) is 5.91 Å². The molecule has 3 rings (SSSR count). The fourth-order valence-electron chi connectivity index (χ4n) is 2.51. The third-order valence-corrected chi connectivity index (χ3v) is 5.43. The van der Waals surface area contributed by atoms with Crippen LogP contribution in [0.1, 0.15) is 16.9 Å². The van der Waals surface area contributed by atoms with Crippen molar-refractivity contribution >= 4 is 40.4 Å². The number of aromatic nitrogens is 1. The summed E-state index contributed by atoms with van der Waals surface area (Å²) in [5.74, 6) is 0.371. The molecule has 116 valence electrons. The average Bonchev–Trinajstić information content (AvgIpc) is 3.18. The Balaban J connectivity index is 1.78. The predicted octanol–water partition coefficient (Wildman–Crippen LogP) is 3.54. The zero-order valence-corrected chi connectivity index (χ0v) is 14.1. The Morgan fingerprint density at radius 1 is 1.41 bits per heavy atom. The van der Waals surface area contributed by atoms with Crippen molar-refractivity contribution in [3.05, 3.63) is 39.3 Å². The number of halogens is 2. The van der Waals surface area contributed by atoms with Crippen molar-refractivity contribution in [3.63, 3.8) is 0 Å². The second-order valence-corrected chi connectivity index (χ2v) is 6.98. The van der Waals surface area contributed by atoms with Gasteiger partial charge in [-0.1, -0.05) is 29.3 Å². The molecule has 0 radical (unpaired) electrons. The molecule has 2 N–H and O–H groups in total. The smallest absolute Gasteiger partial charge is 0.273 e. The standard InChI is InChI=1S/C15H15Cl2N3OS/c16-11-2-1-10(5-12(11)17)14-19-13(8-22-14)15(21)20-4-3-9(6-18)7-20/h1-2,5,8-9H,3-4,6-7,18H2. The van der Waals surface area contributed by atoms with Gasteiger partial charge in [0.15, 0.2) is 0 Å². The highest BCUT2D eigenvalue weighted by atomic mass is 35.5. The summed E-state index contributed by atoms with van der Waals surface area (Å²) < 4.78 is 0. The van der Waals surface area contributed by atoms with E-state index in [9.17, 15) is 4.79 Å². The lowest BCUT2D eigenvalue weighted by Crippen LogP contribution is -2.30. The maximum atomic E-state index is 12.5. The van der Waals surface area contributed by atoms with E-state index in [0.29, 0.717) is 28.2 Å². The van der Waals surface area contributed by atoms with Gasteiger partial charge in [0, 0.05) is 24.0 Å². The number of benzene rings is 1. The van der Waals surface area contributed by atoms with Crippen molar-refractivity contribution in [1.29, 1.82) is 0 Å². The molecular weight excluding hydrogens is 341 g/mol. The number of carbonyl (C=O) groups excluding carboxylic acids is 1. The molecule has 1 atom stereocenters. The number of likely N-dealkylation sites (tertiary alicyclic amines) is 1. The molecule has 1 aromatic heterocycles. The van der Waals surface area contributed by atoms with Gasteiger partial charge in [-0.15, -0.1) is 11.3 Å². The Morgan fingerprint density at radius 3 is 2.91 bits per heavy atom. The van der Waals surface area contributed by atoms with Gasteiger partial charge in [-0.2, -0.15) is 0 Å². The second-order valence-electron chi connectivity index (χ2n) is 5.31. The second kappa shape index (κ2) is 6.54. The lowest BCUT2D eigenvalue weighted by atomic mass is 10.1. The van der Waals surface area contributed by atoms with Gasteiger partial charge in [-0.25, -0.2) is 4.98 Å². The number of thiazole rings is 1. The van der Waals surface area contributed by atoms with Crippen LogP contribution < -0.4 is 5.73 Å². The molecule has 1 unspecified atom stereocenters. The van der Waals surface area contributed by atoms with Crippen LogP contribution in [-0.4, -0.2) is 35.4 Å². The van der Waals surface area contributed by atoms with Crippen LogP contribution in [0.25, 0.3) is 10.6 Å². The molecule has 1 aliphatic heterocycles. The summed E-state index contributed by atoms with van der Waals surface area (Å²) in [5.41, 5.74) is 7.00. The number of hydrogen-bond donors (Lipinski definition) is 1. The highest BCUT2D eigenvalue weighted by molar-refractivity contribution is 7.13. The van der Waals surface area contributed by atoms with Crippen LogP contribution in [0.2, 0.25) is 10.0 Å². The summed E-state index contributed by atoms with van der Waals surface area (Å²) in [5, 5.41) is 3.53. The SMILES string of the molecule is NCC1CCN(C(=O)c2csc(-c3ccc(Cl)c(Cl)c3)n2)C1. The lowest BCUT2D eigenvalue weighted by Gasteiger charge is -2.14. The fraction of sp³-hybridized carbons (Fsp3) is 0.333. The minimum atomic E-state index is -0.0292. The predicted molar refractivity (Wildman–Crippen MR) is 90.6 cm³/mol. The first-order valence-electron chi connectivity index (χ1n) is 6.98. The largest absolute Gasteiger partial charge is 0.337 e. The zero-order chi connectivity index (χ0) is 15.7. The third kappa shape index (κ3) is 3.13. The summed E-state index contributed by atoms with van der Waals surface area (Å²) in [7, 11) is 0. The first kappa shape index (κ1) is 15.7. The van der Waals surface area contributed by atoms with Crippen LogP contribution in [0.3, 0.4) is 0 Å². The Hall–Kier alpha value is -1.14. The van der Waals surface area contributed by atoms with Crippen molar-refractivity contribution < 1.29 is 4.79 Å². The number of hydrogen-bond acceptors (Lipinski definition) is 4. The maximum Gasteiger partial charge on any atom is 0.273 e. The van der Waals surface area contributed by atoms with Crippen LogP contribution in [0.5, 0.6) is 0 Å². The van der Waals surface area contributed by atoms with Gasteiger partial charge in [-0.3, -0.25) is 4.79 Å². The Bertz CT molecular complexity index is 704. The molecule has 0 aliphatic carbocycles. The molecule has 1 aromatic carbocycles. The molecule has 1 fully saturated rings. The van der Waals surface area contributed by atoms with Gasteiger partial charge in [0.1, 0.15) is 10.7 Å². The minimum Gasteiger partial charge on any atom is -0.337 e. The van der Waals surface area contributed by atoms with Crippen LogP contribution in [-0.2, 0) is 0 Å². The number of nitrogens with two attached hydrogens (primary N) is 1. The Labute approximate surface area is 142 Å². The molecule has 0 saturated carbocycles. The number of carbonyl (C=O) groups is 1. The molecule has 2 heterocycles. The fourth-order valence-corrected chi connectivity index (χ4v) is 3.59. The number of rotatable bonds is 3. The molecule has 1 aliphatic rings. The molecule has 2 aromatic rings. The van der Waals surface area contributed by atoms with E-state index in [4.69, 9.17) is 28.9 Å². The van der Waals surface area contributed by atoms with Gasteiger partial charge in [0.25, 0.3) is 5.91 Å². The van der Waals surface area contributed by atoms with E-state index >= 15 is 0 Å². The van der Waals surface area contributed by atoms with Gasteiger partial charge in [0.2, 0.25) is 0 Å². The van der Waals surface area contributed by atoms with Crippen LogP contribution in [0, 0.1) is 5.92 Å². The Morgan fingerprint density at radius 2 is 2.23 bits per heavy atom. The quantitative estimate of drug-likeness (QED) is 0.915. The molecule has 0 bridgehead atoms. The van der Waals surface area contributed by atoms with Crippen molar-refractivity contribution in [3.8, 4) is 10.6 Å². The highest BCUT2D eigenvalue weighted by Crippen LogP contribution is 2.30. The molecule has 4 nitrogen and oxygen atoms in total. The topological polar surface area (TPSA) is 59.2 Å². The van der Waals surface area contributed by atoms with Crippen molar-refractivity contribution in [2.24, 2.45) is 11.7 Å². The van der Waals surface area contributed by atoms with Crippen molar-refractivity contribution in [2.45, 2.75) is 6.42 Å². The van der Waals surface area contributed by atoms with Gasteiger partial charge >= 0.3 is 0 Å². The van der Waals surface area contributed by atoms with Crippen molar-refractivity contribution in [2.75, 3.05) is 19.6 Å². The zero-order valence-electron chi connectivity index (χ0n) is 11.8. The first-order valence-corrected chi connectivity index (χ1v) is 8.62. The normalized spacial score (nSPS) is 18.0. The average molecular weight is 356 g/mol. The summed E-state index contributed by atoms with van der Waals surface area (Å²) in [6.07, 6.45) is 0.964. The van der Waals surface area contributed by atoms with Crippen molar-refractivity contribution in [1.82, 2.24) is 9.88 Å². The number of amides is 1. The van der Waals surface area contributed by atoms with Crippen LogP contribution >= 0.6 is 34.5 Å². The third-order valence-electron chi connectivity index (χ3n) is 3.80. The van der Waals surface area contributed by atoms with Gasteiger partial charge in [0.05, 0.1) is 10.0 Å². The van der Waals surface area contributed by atoms with Gasteiger partial charge < -0.3 is 10.6 Å². The van der Waals surface area contributed by atoms with Crippen LogP contribution in [0.15, 0.2) is 23.6 Å². The maximum absolute atomic E-state index is 12.5. The molecule has 1 amide bonds. The molecular formula is C15H15Cl2N3OS. The summed E-state index contributed by atoms with van der Waals surface area (Å²) in [4.78, 5) is 18.7. The molecule has 1 saturated heterocycles. The van der Waals surface area contributed by atoms with E-state index in [1.807, 2.05) is 11.0 Å². The number of nitrogens with zero attached hydrogens (tertiary/aromatic N) is 2. The van der Waals surface area contributed by atoms with E-state index in [1.165, 1.54) is 11.3 Å².